The summed E-state index contributed by atoms with van der Waals surface area (Å²) in [6.07, 6.45) is 6.71. The van der Waals surface area contributed by atoms with Gasteiger partial charge in [0.15, 0.2) is 0 Å². The molecule has 1 N–H and O–H groups in total. The molecule has 2 heterocycles. The number of anilines is 1. The second-order valence-corrected chi connectivity index (χ2v) is 9.79. The minimum absolute atomic E-state index is 0.0186. The van der Waals surface area contributed by atoms with Gasteiger partial charge in [-0.15, -0.1) is 0 Å². The summed E-state index contributed by atoms with van der Waals surface area (Å²) in [5, 5.41) is 2.94. The van der Waals surface area contributed by atoms with Crippen molar-refractivity contribution < 1.29 is 28.6 Å². The SMILES string of the molecule is CCCCCCOC(=O)N1CCC(OCC(=O)Nc2ccc3c(c2)CN(CCC(=O)OCC)CC3)CC1. The fourth-order valence-corrected chi connectivity index (χ4v) is 4.74. The molecule has 0 saturated carbocycles. The molecule has 206 valence electrons. The van der Waals surface area contributed by atoms with Gasteiger partial charge in [0, 0.05) is 38.4 Å². The van der Waals surface area contributed by atoms with E-state index in [1.807, 2.05) is 19.1 Å². The van der Waals surface area contributed by atoms with E-state index >= 15 is 0 Å². The van der Waals surface area contributed by atoms with Crippen LogP contribution < -0.4 is 5.32 Å². The van der Waals surface area contributed by atoms with Gasteiger partial charge < -0.3 is 24.4 Å². The number of ether oxygens (including phenoxy) is 3. The minimum Gasteiger partial charge on any atom is -0.466 e. The average molecular weight is 518 g/mol. The van der Waals surface area contributed by atoms with E-state index in [1.54, 1.807) is 4.90 Å². The zero-order valence-corrected chi connectivity index (χ0v) is 22.5. The topological polar surface area (TPSA) is 97.4 Å². The quantitative estimate of drug-likeness (QED) is 0.310. The number of likely N-dealkylation sites (tertiary alicyclic amines) is 1. The molecule has 9 nitrogen and oxygen atoms in total. The maximum absolute atomic E-state index is 12.5. The monoisotopic (exact) mass is 517 g/mol. The van der Waals surface area contributed by atoms with E-state index in [-0.39, 0.29) is 30.7 Å². The van der Waals surface area contributed by atoms with Crippen LogP contribution in [0.2, 0.25) is 0 Å². The summed E-state index contributed by atoms with van der Waals surface area (Å²) in [6.45, 7) is 8.31. The first-order valence-electron chi connectivity index (χ1n) is 13.8. The van der Waals surface area contributed by atoms with E-state index in [0.717, 1.165) is 50.9 Å². The highest BCUT2D eigenvalue weighted by molar-refractivity contribution is 5.91. The molecule has 2 aliphatic heterocycles. The second kappa shape index (κ2) is 15.6. The van der Waals surface area contributed by atoms with Crippen molar-refractivity contribution in [1.29, 1.82) is 0 Å². The van der Waals surface area contributed by atoms with E-state index in [0.29, 0.717) is 52.1 Å². The number of rotatable bonds is 13. The maximum Gasteiger partial charge on any atom is 0.409 e. The number of amides is 2. The van der Waals surface area contributed by atoms with Gasteiger partial charge in [-0.3, -0.25) is 14.5 Å². The fraction of sp³-hybridized carbons (Fsp3) is 0.679. The molecule has 0 unspecified atom stereocenters. The van der Waals surface area contributed by atoms with E-state index < -0.39 is 0 Å². The lowest BCUT2D eigenvalue weighted by atomic mass is 9.99. The van der Waals surface area contributed by atoms with Crippen molar-refractivity contribution in [2.45, 2.75) is 77.9 Å². The Kier molecular flexibility index (Phi) is 12.2. The number of nitrogens with one attached hydrogen (secondary N) is 1. The minimum atomic E-state index is -0.250. The van der Waals surface area contributed by atoms with Crippen LogP contribution >= 0.6 is 0 Å². The Bertz CT molecular complexity index is 885. The van der Waals surface area contributed by atoms with Crippen LogP contribution in [0.1, 0.15) is 69.9 Å². The normalized spacial score (nSPS) is 16.2. The van der Waals surface area contributed by atoms with Crippen LogP contribution in [-0.4, -0.2) is 79.9 Å². The van der Waals surface area contributed by atoms with Crippen LogP contribution in [0, 0.1) is 0 Å². The van der Waals surface area contributed by atoms with Gasteiger partial charge in [0.2, 0.25) is 5.91 Å². The summed E-state index contributed by atoms with van der Waals surface area (Å²) < 4.78 is 16.2. The second-order valence-electron chi connectivity index (χ2n) is 9.79. The number of hydrogen-bond acceptors (Lipinski definition) is 7. The number of nitrogens with zero attached hydrogens (tertiary/aromatic N) is 2. The third kappa shape index (κ3) is 9.97. The van der Waals surface area contributed by atoms with Gasteiger partial charge in [0.05, 0.1) is 25.7 Å². The Morgan fingerprint density at radius 3 is 2.57 bits per heavy atom. The summed E-state index contributed by atoms with van der Waals surface area (Å²) in [6, 6.07) is 6.00. The van der Waals surface area contributed by atoms with Crippen molar-refractivity contribution in [3.8, 4) is 0 Å². The average Bonchev–Trinajstić information content (AvgIpc) is 2.90. The molecule has 0 atom stereocenters. The number of carbonyl (C=O) groups excluding carboxylic acids is 3. The Hall–Kier alpha value is -2.65. The summed E-state index contributed by atoms with van der Waals surface area (Å²) in [7, 11) is 0. The molecule has 2 aliphatic rings. The molecule has 0 aromatic heterocycles. The predicted octanol–water partition coefficient (Wildman–Crippen LogP) is 4.13. The largest absolute Gasteiger partial charge is 0.466 e. The van der Waals surface area contributed by atoms with Gasteiger partial charge in [-0.1, -0.05) is 32.3 Å². The number of piperidine rings is 1. The van der Waals surface area contributed by atoms with Crippen LogP contribution in [0.4, 0.5) is 10.5 Å². The van der Waals surface area contributed by atoms with Crippen molar-refractivity contribution in [1.82, 2.24) is 9.80 Å². The molecule has 1 aromatic carbocycles. The van der Waals surface area contributed by atoms with E-state index in [9.17, 15) is 14.4 Å². The molecule has 2 amide bonds. The standard InChI is InChI=1S/C28H43N3O6/c1-3-5-6-7-18-36-28(34)31-16-11-25(12-17-31)37-21-26(32)29-24-9-8-22-10-14-30(20-23(22)19-24)15-13-27(33)35-4-2/h8-9,19,25H,3-7,10-18,20-21H2,1-2H3,(H,29,32). The van der Waals surface area contributed by atoms with Crippen molar-refractivity contribution in [3.05, 3.63) is 29.3 Å². The third-order valence-corrected chi connectivity index (χ3v) is 6.89. The number of esters is 1. The van der Waals surface area contributed by atoms with Crippen LogP contribution in [0.25, 0.3) is 0 Å². The number of hydrogen-bond donors (Lipinski definition) is 1. The van der Waals surface area contributed by atoms with Crippen LogP contribution in [0.5, 0.6) is 0 Å². The van der Waals surface area contributed by atoms with Gasteiger partial charge >= 0.3 is 12.1 Å². The molecule has 1 saturated heterocycles. The van der Waals surface area contributed by atoms with E-state index in [1.165, 1.54) is 11.1 Å². The van der Waals surface area contributed by atoms with Crippen LogP contribution in [-0.2, 0) is 36.8 Å². The van der Waals surface area contributed by atoms with Crippen molar-refractivity contribution in [2.24, 2.45) is 0 Å². The number of fused-ring (bicyclic) bond motifs is 1. The summed E-state index contributed by atoms with van der Waals surface area (Å²) >= 11 is 0. The van der Waals surface area contributed by atoms with Crippen molar-refractivity contribution in [2.75, 3.05) is 51.3 Å². The zero-order chi connectivity index (χ0) is 26.5. The van der Waals surface area contributed by atoms with Gasteiger partial charge in [0.1, 0.15) is 6.61 Å². The summed E-state index contributed by atoms with van der Waals surface area (Å²) in [4.78, 5) is 40.3. The predicted molar refractivity (Wildman–Crippen MR) is 141 cm³/mol. The molecular formula is C28H43N3O6. The Labute approximate surface area is 220 Å². The molecule has 1 fully saturated rings. The van der Waals surface area contributed by atoms with Crippen molar-refractivity contribution in [3.63, 3.8) is 0 Å². The zero-order valence-electron chi connectivity index (χ0n) is 22.5. The number of benzene rings is 1. The highest BCUT2D eigenvalue weighted by Gasteiger charge is 2.25. The lowest BCUT2D eigenvalue weighted by molar-refractivity contribution is -0.143. The molecular weight excluding hydrogens is 474 g/mol. The van der Waals surface area contributed by atoms with Gasteiger partial charge in [0.25, 0.3) is 0 Å². The van der Waals surface area contributed by atoms with Gasteiger partial charge in [-0.25, -0.2) is 4.79 Å². The lowest BCUT2D eigenvalue weighted by Gasteiger charge is -2.31. The fourth-order valence-electron chi connectivity index (χ4n) is 4.74. The third-order valence-electron chi connectivity index (χ3n) is 6.89. The number of carbonyl (C=O) groups is 3. The Balaban J connectivity index is 1.35. The summed E-state index contributed by atoms with van der Waals surface area (Å²) in [5.74, 6) is -0.360. The molecule has 37 heavy (non-hydrogen) atoms. The molecule has 0 bridgehead atoms. The molecule has 3 rings (SSSR count). The van der Waals surface area contributed by atoms with Crippen LogP contribution in [0.15, 0.2) is 18.2 Å². The first kappa shape index (κ1) is 28.9. The molecule has 0 spiro atoms. The van der Waals surface area contributed by atoms with Crippen molar-refractivity contribution >= 4 is 23.7 Å². The highest BCUT2D eigenvalue weighted by Crippen LogP contribution is 2.23. The Morgan fingerprint density at radius 2 is 1.81 bits per heavy atom. The first-order chi connectivity index (χ1) is 18.0. The highest BCUT2D eigenvalue weighted by atomic mass is 16.6. The lowest BCUT2D eigenvalue weighted by Crippen LogP contribution is -2.41. The van der Waals surface area contributed by atoms with Gasteiger partial charge in [-0.05, 0) is 55.9 Å². The van der Waals surface area contributed by atoms with E-state index in [2.05, 4.69) is 23.2 Å². The first-order valence-corrected chi connectivity index (χ1v) is 13.8. The molecule has 0 aliphatic carbocycles. The smallest absolute Gasteiger partial charge is 0.409 e. The number of unbranched alkanes of at least 4 members (excludes halogenated alkanes) is 3. The summed E-state index contributed by atoms with van der Waals surface area (Å²) in [5.41, 5.74) is 3.18. The van der Waals surface area contributed by atoms with E-state index in [4.69, 9.17) is 14.2 Å². The Morgan fingerprint density at radius 1 is 1.00 bits per heavy atom. The van der Waals surface area contributed by atoms with Crippen LogP contribution in [0.3, 0.4) is 0 Å². The molecule has 1 aromatic rings. The molecule has 9 heteroatoms. The maximum atomic E-state index is 12.5. The van der Waals surface area contributed by atoms with Gasteiger partial charge in [-0.2, -0.15) is 0 Å². The molecule has 0 radical (unpaired) electrons.